The van der Waals surface area contributed by atoms with Crippen LogP contribution in [0.1, 0.15) is 36.1 Å². The molecule has 0 amide bonds. The minimum atomic E-state index is 0.0291. The molecule has 1 N–H and O–H groups in total. The quantitative estimate of drug-likeness (QED) is 0.724. The summed E-state index contributed by atoms with van der Waals surface area (Å²) in [5.74, 6) is 0.705. The van der Waals surface area contributed by atoms with Crippen molar-refractivity contribution in [1.29, 1.82) is 0 Å². The lowest BCUT2D eigenvalue weighted by Gasteiger charge is -2.08. The van der Waals surface area contributed by atoms with E-state index in [-0.39, 0.29) is 5.56 Å². The average Bonchev–Trinajstić information content (AvgIpc) is 3.07. The number of nitrogens with one attached hydrogen (secondary N) is 1. The molecule has 108 valence electrons. The molecular formula is C16H16N2OS2. The summed E-state index contributed by atoms with van der Waals surface area (Å²) in [7, 11) is 0. The van der Waals surface area contributed by atoms with Crippen LogP contribution in [0.2, 0.25) is 0 Å². The summed E-state index contributed by atoms with van der Waals surface area (Å²) in [5.41, 5.74) is 1.29. The number of aryl methyl sites for hydroxylation is 2. The molecule has 0 saturated heterocycles. The van der Waals surface area contributed by atoms with Gasteiger partial charge in [-0.15, -0.1) is 22.7 Å². The summed E-state index contributed by atoms with van der Waals surface area (Å²) in [6, 6.07) is 3.98. The van der Waals surface area contributed by atoms with Gasteiger partial charge in [-0.3, -0.25) is 4.79 Å². The summed E-state index contributed by atoms with van der Waals surface area (Å²) in [4.78, 5) is 23.5. The van der Waals surface area contributed by atoms with Crippen LogP contribution in [0.3, 0.4) is 0 Å². The third kappa shape index (κ3) is 2.34. The standard InChI is InChI=1S/C16H16N2OS2/c19-15-13-10-6-3-1-2-4-7-11(10)21-16(13)18-14(17-15)12-8-5-9-20-12/h5,8-9H,1-4,6-7H2,(H,17,18,19). The molecule has 0 aromatic carbocycles. The smallest absolute Gasteiger partial charge is 0.260 e. The Labute approximate surface area is 130 Å². The van der Waals surface area contributed by atoms with Crippen LogP contribution in [0.25, 0.3) is 20.9 Å². The van der Waals surface area contributed by atoms with E-state index in [0.29, 0.717) is 5.82 Å². The van der Waals surface area contributed by atoms with E-state index in [1.54, 1.807) is 22.7 Å². The molecule has 21 heavy (non-hydrogen) atoms. The van der Waals surface area contributed by atoms with E-state index >= 15 is 0 Å². The summed E-state index contributed by atoms with van der Waals surface area (Å²) in [5, 5.41) is 2.85. The van der Waals surface area contributed by atoms with Crippen molar-refractivity contribution in [3.63, 3.8) is 0 Å². The maximum atomic E-state index is 12.5. The molecule has 0 spiro atoms. The van der Waals surface area contributed by atoms with Gasteiger partial charge in [0, 0.05) is 4.88 Å². The number of hydrogen-bond donors (Lipinski definition) is 1. The van der Waals surface area contributed by atoms with Crippen molar-refractivity contribution in [3.05, 3.63) is 38.3 Å². The number of nitrogens with zero attached hydrogens (tertiary/aromatic N) is 1. The van der Waals surface area contributed by atoms with E-state index in [2.05, 4.69) is 4.98 Å². The van der Waals surface area contributed by atoms with Crippen LogP contribution >= 0.6 is 22.7 Å². The van der Waals surface area contributed by atoms with Gasteiger partial charge in [0.15, 0.2) is 5.82 Å². The van der Waals surface area contributed by atoms with Gasteiger partial charge in [0.1, 0.15) is 4.83 Å². The van der Waals surface area contributed by atoms with Crippen molar-refractivity contribution in [2.75, 3.05) is 0 Å². The van der Waals surface area contributed by atoms with Crippen LogP contribution in [-0.2, 0) is 12.8 Å². The second kappa shape index (κ2) is 5.39. The van der Waals surface area contributed by atoms with E-state index in [1.165, 1.54) is 36.1 Å². The number of rotatable bonds is 1. The lowest BCUT2D eigenvalue weighted by atomic mass is 9.98. The van der Waals surface area contributed by atoms with Gasteiger partial charge < -0.3 is 4.98 Å². The molecule has 3 aromatic heterocycles. The highest BCUT2D eigenvalue weighted by Crippen LogP contribution is 2.33. The van der Waals surface area contributed by atoms with Crippen molar-refractivity contribution in [2.45, 2.75) is 38.5 Å². The third-order valence-corrected chi connectivity index (χ3v) is 6.14. The largest absolute Gasteiger partial charge is 0.305 e. The van der Waals surface area contributed by atoms with Gasteiger partial charge >= 0.3 is 0 Å². The Hall–Kier alpha value is -1.46. The number of H-pyrrole nitrogens is 1. The van der Waals surface area contributed by atoms with E-state index < -0.39 is 0 Å². The summed E-state index contributed by atoms with van der Waals surface area (Å²) >= 11 is 3.33. The van der Waals surface area contributed by atoms with E-state index in [4.69, 9.17) is 4.98 Å². The SMILES string of the molecule is O=c1[nH]c(-c2cccs2)nc2sc3c(c12)CCCCCC3. The Morgan fingerprint density at radius 2 is 2.00 bits per heavy atom. The molecule has 0 atom stereocenters. The van der Waals surface area contributed by atoms with Gasteiger partial charge in [-0.25, -0.2) is 4.98 Å². The van der Waals surface area contributed by atoms with Crippen molar-refractivity contribution in [3.8, 4) is 10.7 Å². The molecule has 5 heteroatoms. The topological polar surface area (TPSA) is 45.8 Å². The lowest BCUT2D eigenvalue weighted by molar-refractivity contribution is 0.623. The van der Waals surface area contributed by atoms with Crippen molar-refractivity contribution in [2.24, 2.45) is 0 Å². The Morgan fingerprint density at radius 1 is 1.14 bits per heavy atom. The highest BCUT2D eigenvalue weighted by molar-refractivity contribution is 7.18. The first-order chi connectivity index (χ1) is 10.3. The van der Waals surface area contributed by atoms with Crippen LogP contribution in [0.5, 0.6) is 0 Å². The highest BCUT2D eigenvalue weighted by Gasteiger charge is 2.18. The van der Waals surface area contributed by atoms with Crippen LogP contribution in [0.15, 0.2) is 22.3 Å². The van der Waals surface area contributed by atoms with E-state index in [9.17, 15) is 4.79 Å². The molecule has 3 aromatic rings. The molecule has 0 saturated carbocycles. The molecule has 0 fully saturated rings. The Kier molecular flexibility index (Phi) is 3.39. The minimum Gasteiger partial charge on any atom is -0.305 e. The molecule has 1 aliphatic rings. The lowest BCUT2D eigenvalue weighted by Crippen LogP contribution is -2.10. The number of thiophene rings is 2. The molecule has 1 aliphatic carbocycles. The first-order valence-corrected chi connectivity index (χ1v) is 9.11. The Morgan fingerprint density at radius 3 is 2.81 bits per heavy atom. The van der Waals surface area contributed by atoms with Crippen LogP contribution < -0.4 is 5.56 Å². The molecule has 3 heterocycles. The number of fused-ring (bicyclic) bond motifs is 3. The van der Waals surface area contributed by atoms with Crippen molar-refractivity contribution in [1.82, 2.24) is 9.97 Å². The number of hydrogen-bond acceptors (Lipinski definition) is 4. The molecule has 0 unspecified atom stereocenters. The van der Waals surface area contributed by atoms with Crippen LogP contribution in [0, 0.1) is 0 Å². The van der Waals surface area contributed by atoms with Crippen molar-refractivity contribution < 1.29 is 0 Å². The maximum Gasteiger partial charge on any atom is 0.260 e. The molecule has 3 nitrogen and oxygen atoms in total. The Balaban J connectivity index is 1.92. The van der Waals surface area contributed by atoms with Gasteiger partial charge in [-0.05, 0) is 42.7 Å². The monoisotopic (exact) mass is 316 g/mol. The zero-order chi connectivity index (χ0) is 14.2. The molecule has 4 rings (SSSR count). The summed E-state index contributed by atoms with van der Waals surface area (Å²) < 4.78 is 0. The number of aromatic amines is 1. The zero-order valence-electron chi connectivity index (χ0n) is 11.6. The normalized spacial score (nSPS) is 15.6. The third-order valence-electron chi connectivity index (χ3n) is 4.08. The van der Waals surface area contributed by atoms with Gasteiger partial charge in [0.05, 0.1) is 10.3 Å². The van der Waals surface area contributed by atoms with Gasteiger partial charge in [0.2, 0.25) is 0 Å². The minimum absolute atomic E-state index is 0.0291. The highest BCUT2D eigenvalue weighted by atomic mass is 32.1. The van der Waals surface area contributed by atoms with Gasteiger partial charge in [-0.1, -0.05) is 18.9 Å². The van der Waals surface area contributed by atoms with Crippen LogP contribution in [0.4, 0.5) is 0 Å². The predicted octanol–water partition coefficient (Wildman–Crippen LogP) is 4.37. The molecule has 0 radical (unpaired) electrons. The average molecular weight is 316 g/mol. The second-order valence-electron chi connectivity index (χ2n) is 5.49. The molecule has 0 aliphatic heterocycles. The first-order valence-electron chi connectivity index (χ1n) is 7.41. The maximum absolute atomic E-state index is 12.5. The summed E-state index contributed by atoms with van der Waals surface area (Å²) in [6.45, 7) is 0. The second-order valence-corrected chi connectivity index (χ2v) is 7.52. The fraction of sp³-hybridized carbons (Fsp3) is 0.375. The molecule has 0 bridgehead atoms. The van der Waals surface area contributed by atoms with Gasteiger partial charge in [-0.2, -0.15) is 0 Å². The van der Waals surface area contributed by atoms with Gasteiger partial charge in [0.25, 0.3) is 5.56 Å². The van der Waals surface area contributed by atoms with E-state index in [1.807, 2.05) is 17.5 Å². The first kappa shape index (κ1) is 13.2. The number of aromatic nitrogens is 2. The van der Waals surface area contributed by atoms with E-state index in [0.717, 1.165) is 27.9 Å². The predicted molar refractivity (Wildman–Crippen MR) is 89.4 cm³/mol. The fourth-order valence-electron chi connectivity index (χ4n) is 3.05. The van der Waals surface area contributed by atoms with Crippen molar-refractivity contribution >= 4 is 32.9 Å². The molecular weight excluding hydrogens is 300 g/mol. The summed E-state index contributed by atoms with van der Waals surface area (Å²) in [6.07, 6.45) is 7.12. The fourth-order valence-corrected chi connectivity index (χ4v) is 4.98. The van der Waals surface area contributed by atoms with Crippen LogP contribution in [-0.4, -0.2) is 9.97 Å². The zero-order valence-corrected chi connectivity index (χ0v) is 13.3. The Bertz CT molecular complexity index is 830.